The molecule has 0 saturated carbocycles. The molecule has 0 N–H and O–H groups in total. The Kier molecular flexibility index (Phi) is 4.51. The SMILES string of the molecule is COC(=O)c1cccc(CCOC(C)=O)c1. The summed E-state index contributed by atoms with van der Waals surface area (Å²) in [6.45, 7) is 1.69. The first kappa shape index (κ1) is 12.2. The van der Waals surface area contributed by atoms with Crippen molar-refractivity contribution in [1.82, 2.24) is 0 Å². The number of rotatable bonds is 4. The van der Waals surface area contributed by atoms with Gasteiger partial charge in [0.25, 0.3) is 0 Å². The van der Waals surface area contributed by atoms with Gasteiger partial charge in [-0.15, -0.1) is 0 Å². The van der Waals surface area contributed by atoms with Crippen LogP contribution in [0.2, 0.25) is 0 Å². The Hall–Kier alpha value is -1.84. The first-order chi connectivity index (χ1) is 7.63. The van der Waals surface area contributed by atoms with E-state index in [1.165, 1.54) is 14.0 Å². The highest BCUT2D eigenvalue weighted by Crippen LogP contribution is 2.07. The first-order valence-electron chi connectivity index (χ1n) is 4.94. The molecule has 0 heterocycles. The number of esters is 2. The molecule has 0 atom stereocenters. The third kappa shape index (κ3) is 3.73. The van der Waals surface area contributed by atoms with Crippen LogP contribution in [0.4, 0.5) is 0 Å². The maximum Gasteiger partial charge on any atom is 0.337 e. The van der Waals surface area contributed by atoms with E-state index >= 15 is 0 Å². The molecular formula is C12H14O4. The summed E-state index contributed by atoms with van der Waals surface area (Å²) in [5, 5.41) is 0. The summed E-state index contributed by atoms with van der Waals surface area (Å²) < 4.78 is 9.43. The monoisotopic (exact) mass is 222 g/mol. The average molecular weight is 222 g/mol. The van der Waals surface area contributed by atoms with Gasteiger partial charge in [-0.25, -0.2) is 4.79 Å². The molecule has 0 unspecified atom stereocenters. The van der Waals surface area contributed by atoms with Crippen LogP contribution in [0.25, 0.3) is 0 Å². The lowest BCUT2D eigenvalue weighted by molar-refractivity contribution is -0.140. The van der Waals surface area contributed by atoms with Gasteiger partial charge in [0.15, 0.2) is 0 Å². The second kappa shape index (κ2) is 5.90. The average Bonchev–Trinajstić information content (AvgIpc) is 2.28. The summed E-state index contributed by atoms with van der Waals surface area (Å²) in [6, 6.07) is 7.06. The van der Waals surface area contributed by atoms with Crippen molar-refractivity contribution in [3.05, 3.63) is 35.4 Å². The minimum absolute atomic E-state index is 0.302. The largest absolute Gasteiger partial charge is 0.466 e. The minimum Gasteiger partial charge on any atom is -0.466 e. The fourth-order valence-electron chi connectivity index (χ4n) is 1.28. The quantitative estimate of drug-likeness (QED) is 0.726. The van der Waals surface area contributed by atoms with Gasteiger partial charge in [0.1, 0.15) is 0 Å². The number of hydrogen-bond donors (Lipinski definition) is 0. The molecule has 86 valence electrons. The minimum atomic E-state index is -0.366. The van der Waals surface area contributed by atoms with Crippen LogP contribution in [-0.2, 0) is 20.7 Å². The number of methoxy groups -OCH3 is 1. The molecule has 16 heavy (non-hydrogen) atoms. The zero-order chi connectivity index (χ0) is 12.0. The zero-order valence-corrected chi connectivity index (χ0v) is 9.36. The van der Waals surface area contributed by atoms with E-state index in [1.54, 1.807) is 18.2 Å². The van der Waals surface area contributed by atoms with Crippen molar-refractivity contribution in [2.45, 2.75) is 13.3 Å². The molecule has 1 aromatic carbocycles. The predicted molar refractivity (Wildman–Crippen MR) is 58.1 cm³/mol. The van der Waals surface area contributed by atoms with Gasteiger partial charge >= 0.3 is 11.9 Å². The molecule has 4 nitrogen and oxygen atoms in total. The van der Waals surface area contributed by atoms with E-state index in [1.807, 2.05) is 6.07 Å². The Labute approximate surface area is 94.2 Å². The lowest BCUT2D eigenvalue weighted by Gasteiger charge is -2.04. The summed E-state index contributed by atoms with van der Waals surface area (Å²) >= 11 is 0. The lowest BCUT2D eigenvalue weighted by atomic mass is 10.1. The molecule has 0 amide bonds. The fourth-order valence-corrected chi connectivity index (χ4v) is 1.28. The normalized spacial score (nSPS) is 9.62. The molecule has 4 heteroatoms. The molecular weight excluding hydrogens is 208 g/mol. The Bertz CT molecular complexity index is 384. The summed E-state index contributed by atoms with van der Waals surface area (Å²) in [4.78, 5) is 21.8. The van der Waals surface area contributed by atoms with Crippen molar-refractivity contribution < 1.29 is 19.1 Å². The summed E-state index contributed by atoms with van der Waals surface area (Å²) in [6.07, 6.45) is 0.588. The third-order valence-corrected chi connectivity index (χ3v) is 2.04. The molecule has 1 aromatic rings. The standard InChI is InChI=1S/C12H14O4/c1-9(13)16-7-6-10-4-3-5-11(8-10)12(14)15-2/h3-5,8H,6-7H2,1-2H3. The highest BCUT2D eigenvalue weighted by atomic mass is 16.5. The van der Waals surface area contributed by atoms with Crippen LogP contribution in [0.15, 0.2) is 24.3 Å². The molecule has 0 bridgehead atoms. The van der Waals surface area contributed by atoms with E-state index in [0.29, 0.717) is 18.6 Å². The molecule has 0 saturated heterocycles. The van der Waals surface area contributed by atoms with Crippen LogP contribution in [0, 0.1) is 0 Å². The first-order valence-corrected chi connectivity index (χ1v) is 4.94. The molecule has 1 rings (SSSR count). The highest BCUT2D eigenvalue weighted by Gasteiger charge is 2.05. The lowest BCUT2D eigenvalue weighted by Crippen LogP contribution is -2.05. The summed E-state index contributed by atoms with van der Waals surface area (Å²) in [7, 11) is 1.34. The van der Waals surface area contributed by atoms with Crippen molar-refractivity contribution in [3.63, 3.8) is 0 Å². The van der Waals surface area contributed by atoms with Gasteiger partial charge < -0.3 is 9.47 Å². The van der Waals surface area contributed by atoms with E-state index in [9.17, 15) is 9.59 Å². The van der Waals surface area contributed by atoms with Crippen molar-refractivity contribution in [3.8, 4) is 0 Å². The second-order valence-corrected chi connectivity index (χ2v) is 3.28. The number of benzene rings is 1. The Morgan fingerprint density at radius 1 is 1.31 bits per heavy atom. The maximum atomic E-state index is 11.2. The molecule has 0 spiro atoms. The van der Waals surface area contributed by atoms with Gasteiger partial charge in [-0.2, -0.15) is 0 Å². The van der Waals surface area contributed by atoms with Gasteiger partial charge in [0, 0.05) is 13.3 Å². The smallest absolute Gasteiger partial charge is 0.337 e. The molecule has 0 aliphatic carbocycles. The maximum absolute atomic E-state index is 11.2. The van der Waals surface area contributed by atoms with Gasteiger partial charge in [-0.3, -0.25) is 4.79 Å². The number of carbonyl (C=O) groups is 2. The summed E-state index contributed by atoms with van der Waals surface area (Å²) in [5.41, 5.74) is 1.44. The fraction of sp³-hybridized carbons (Fsp3) is 0.333. The molecule has 0 aliphatic rings. The van der Waals surface area contributed by atoms with Crippen molar-refractivity contribution in [2.24, 2.45) is 0 Å². The van der Waals surface area contributed by atoms with Crippen molar-refractivity contribution in [2.75, 3.05) is 13.7 Å². The van der Waals surface area contributed by atoms with E-state index in [2.05, 4.69) is 4.74 Å². The van der Waals surface area contributed by atoms with Crippen LogP contribution >= 0.6 is 0 Å². The Balaban J connectivity index is 2.60. The van der Waals surface area contributed by atoms with Crippen LogP contribution < -0.4 is 0 Å². The van der Waals surface area contributed by atoms with Crippen LogP contribution in [0.3, 0.4) is 0 Å². The van der Waals surface area contributed by atoms with Crippen molar-refractivity contribution in [1.29, 1.82) is 0 Å². The van der Waals surface area contributed by atoms with Gasteiger partial charge in [0.05, 0.1) is 19.3 Å². The van der Waals surface area contributed by atoms with Crippen molar-refractivity contribution >= 4 is 11.9 Å². The van der Waals surface area contributed by atoms with E-state index in [-0.39, 0.29) is 11.9 Å². The van der Waals surface area contributed by atoms with Crippen LogP contribution in [0.1, 0.15) is 22.8 Å². The molecule has 0 aliphatic heterocycles. The number of hydrogen-bond acceptors (Lipinski definition) is 4. The highest BCUT2D eigenvalue weighted by molar-refractivity contribution is 5.89. The second-order valence-electron chi connectivity index (χ2n) is 3.28. The topological polar surface area (TPSA) is 52.6 Å². The van der Waals surface area contributed by atoms with E-state index in [4.69, 9.17) is 4.74 Å². The van der Waals surface area contributed by atoms with Crippen LogP contribution in [0.5, 0.6) is 0 Å². The Morgan fingerprint density at radius 3 is 2.69 bits per heavy atom. The van der Waals surface area contributed by atoms with Crippen LogP contribution in [-0.4, -0.2) is 25.7 Å². The summed E-state index contributed by atoms with van der Waals surface area (Å²) in [5.74, 6) is -0.668. The molecule has 0 aromatic heterocycles. The number of carbonyl (C=O) groups excluding carboxylic acids is 2. The number of ether oxygens (including phenoxy) is 2. The molecule has 0 fully saturated rings. The van der Waals surface area contributed by atoms with E-state index in [0.717, 1.165) is 5.56 Å². The zero-order valence-electron chi connectivity index (χ0n) is 9.36. The third-order valence-electron chi connectivity index (χ3n) is 2.04. The molecule has 0 radical (unpaired) electrons. The Morgan fingerprint density at radius 2 is 2.06 bits per heavy atom. The van der Waals surface area contributed by atoms with Gasteiger partial charge in [-0.05, 0) is 17.7 Å². The van der Waals surface area contributed by atoms with Gasteiger partial charge in [0.2, 0.25) is 0 Å². The van der Waals surface area contributed by atoms with E-state index < -0.39 is 0 Å². The van der Waals surface area contributed by atoms with Gasteiger partial charge in [-0.1, -0.05) is 12.1 Å². The predicted octanol–water partition coefficient (Wildman–Crippen LogP) is 1.58.